The van der Waals surface area contributed by atoms with E-state index in [1.54, 1.807) is 12.1 Å². The molecule has 0 aliphatic heterocycles. The Kier molecular flexibility index (Phi) is 5.24. The number of benzene rings is 2. The summed E-state index contributed by atoms with van der Waals surface area (Å²) in [6, 6.07) is 15.1. The maximum absolute atomic E-state index is 12.7. The minimum absolute atomic E-state index is 0.0208. The van der Waals surface area contributed by atoms with Crippen molar-refractivity contribution < 1.29 is 22.4 Å². The molecule has 0 aliphatic rings. The van der Waals surface area contributed by atoms with Crippen molar-refractivity contribution in [3.8, 4) is 0 Å². The molecular weight excluding hydrogens is 370 g/mol. The Balaban J connectivity index is 1.65. The summed E-state index contributed by atoms with van der Waals surface area (Å²) in [5.74, 6) is -1.32. The van der Waals surface area contributed by atoms with Crippen LogP contribution in [0.1, 0.15) is 10.6 Å². The zero-order valence-corrected chi connectivity index (χ0v) is 15.2. The first-order valence-corrected chi connectivity index (χ1v) is 9.40. The molecule has 0 bridgehead atoms. The van der Waals surface area contributed by atoms with E-state index in [0.717, 1.165) is 15.1 Å². The maximum Gasteiger partial charge on any atom is 0.305 e. The first-order chi connectivity index (χ1) is 12.9. The van der Waals surface area contributed by atoms with Crippen molar-refractivity contribution in [3.63, 3.8) is 0 Å². The third kappa shape index (κ3) is 4.15. The molecule has 2 N–H and O–H groups in total. The Morgan fingerprint density at radius 1 is 1.00 bits per heavy atom. The van der Waals surface area contributed by atoms with Gasteiger partial charge in [-0.25, -0.2) is 8.42 Å². The quantitative estimate of drug-likeness (QED) is 0.645. The molecule has 3 aromatic rings. The molecule has 8 nitrogen and oxygen atoms in total. The summed E-state index contributed by atoms with van der Waals surface area (Å²) in [5.41, 5.74) is 4.30. The lowest BCUT2D eigenvalue weighted by atomic mass is 10.1. The van der Waals surface area contributed by atoms with Crippen LogP contribution >= 0.6 is 0 Å². The number of rotatable bonds is 5. The van der Waals surface area contributed by atoms with Gasteiger partial charge in [-0.3, -0.25) is 20.4 Å². The largest absolute Gasteiger partial charge is 0.459 e. The minimum atomic E-state index is -3.87. The average molecular weight is 387 g/mol. The van der Waals surface area contributed by atoms with E-state index in [0.29, 0.717) is 0 Å². The lowest BCUT2D eigenvalue weighted by molar-refractivity contribution is -0.121. The molecule has 2 aromatic carbocycles. The van der Waals surface area contributed by atoms with E-state index < -0.39 is 28.4 Å². The highest BCUT2D eigenvalue weighted by atomic mass is 32.2. The van der Waals surface area contributed by atoms with E-state index in [2.05, 4.69) is 10.9 Å². The third-order valence-electron chi connectivity index (χ3n) is 3.86. The normalized spacial score (nSPS) is 11.5. The number of likely N-dealkylation sites (N-methyl/N-ethyl adjacent to an activating group) is 1. The predicted octanol–water partition coefficient (Wildman–Crippen LogP) is 1.51. The summed E-state index contributed by atoms with van der Waals surface area (Å²) in [4.78, 5) is 23.7. The third-order valence-corrected chi connectivity index (χ3v) is 5.66. The summed E-state index contributed by atoms with van der Waals surface area (Å²) in [6.45, 7) is -0.465. The van der Waals surface area contributed by atoms with Crippen LogP contribution in [0.15, 0.2) is 70.2 Å². The van der Waals surface area contributed by atoms with Crippen LogP contribution in [0.3, 0.4) is 0 Å². The van der Waals surface area contributed by atoms with Crippen molar-refractivity contribution in [2.45, 2.75) is 4.90 Å². The Labute approximate surface area is 155 Å². The summed E-state index contributed by atoms with van der Waals surface area (Å²) in [6.07, 6.45) is 1.32. The molecule has 0 saturated carbocycles. The fourth-order valence-electron chi connectivity index (χ4n) is 2.43. The van der Waals surface area contributed by atoms with E-state index in [1.165, 1.54) is 31.5 Å². The van der Waals surface area contributed by atoms with Crippen LogP contribution in [0.25, 0.3) is 10.8 Å². The van der Waals surface area contributed by atoms with Gasteiger partial charge in [0.1, 0.15) is 0 Å². The Bertz CT molecular complexity index is 1080. The zero-order chi connectivity index (χ0) is 19.4. The first-order valence-electron chi connectivity index (χ1n) is 7.96. The number of carbonyl (C=O) groups is 2. The van der Waals surface area contributed by atoms with Crippen LogP contribution in [0.5, 0.6) is 0 Å². The molecule has 0 saturated heterocycles. The molecule has 9 heteroatoms. The van der Waals surface area contributed by atoms with Gasteiger partial charge in [0.2, 0.25) is 10.0 Å². The summed E-state index contributed by atoms with van der Waals surface area (Å²) >= 11 is 0. The fraction of sp³-hybridized carbons (Fsp3) is 0.111. The van der Waals surface area contributed by atoms with Crippen LogP contribution in [-0.4, -0.2) is 38.1 Å². The average Bonchev–Trinajstić information content (AvgIpc) is 3.20. The highest BCUT2D eigenvalue weighted by molar-refractivity contribution is 7.89. The van der Waals surface area contributed by atoms with Gasteiger partial charge in [-0.05, 0) is 35.0 Å². The predicted molar refractivity (Wildman–Crippen MR) is 98.1 cm³/mol. The molecule has 0 fully saturated rings. The van der Waals surface area contributed by atoms with Crippen LogP contribution in [0.4, 0.5) is 0 Å². The monoisotopic (exact) mass is 387 g/mol. The van der Waals surface area contributed by atoms with Gasteiger partial charge in [0.15, 0.2) is 5.76 Å². The number of carbonyl (C=O) groups excluding carboxylic acids is 2. The number of hydrogen-bond donors (Lipinski definition) is 2. The van der Waals surface area contributed by atoms with Gasteiger partial charge in [-0.15, -0.1) is 0 Å². The number of furan rings is 1. The van der Waals surface area contributed by atoms with Gasteiger partial charge in [0.25, 0.3) is 5.91 Å². The van der Waals surface area contributed by atoms with Gasteiger partial charge in [-0.2, -0.15) is 4.31 Å². The lowest BCUT2D eigenvalue weighted by Gasteiger charge is -2.17. The second-order valence-corrected chi connectivity index (χ2v) is 7.79. The topological polar surface area (TPSA) is 109 Å². The van der Waals surface area contributed by atoms with Crippen LogP contribution in [0, 0.1) is 0 Å². The van der Waals surface area contributed by atoms with Gasteiger partial charge in [-0.1, -0.05) is 30.3 Å². The van der Waals surface area contributed by atoms with E-state index in [9.17, 15) is 18.0 Å². The molecule has 0 unspecified atom stereocenters. The smallest absolute Gasteiger partial charge is 0.305 e. The van der Waals surface area contributed by atoms with Crippen molar-refractivity contribution in [3.05, 3.63) is 66.6 Å². The highest BCUT2D eigenvalue weighted by Crippen LogP contribution is 2.21. The van der Waals surface area contributed by atoms with Crippen molar-refractivity contribution in [1.29, 1.82) is 0 Å². The minimum Gasteiger partial charge on any atom is -0.459 e. The van der Waals surface area contributed by atoms with Crippen LogP contribution < -0.4 is 10.9 Å². The van der Waals surface area contributed by atoms with Gasteiger partial charge in [0, 0.05) is 7.05 Å². The van der Waals surface area contributed by atoms with Gasteiger partial charge >= 0.3 is 5.91 Å². The molecule has 3 rings (SSSR count). The van der Waals surface area contributed by atoms with Crippen LogP contribution in [0.2, 0.25) is 0 Å². The molecule has 2 amide bonds. The van der Waals surface area contributed by atoms with Crippen molar-refractivity contribution in [2.75, 3.05) is 13.6 Å². The van der Waals surface area contributed by atoms with Gasteiger partial charge < -0.3 is 4.42 Å². The number of fused-ring (bicyclic) bond motifs is 1. The Morgan fingerprint density at radius 2 is 1.74 bits per heavy atom. The second-order valence-electron chi connectivity index (χ2n) is 5.75. The first kappa shape index (κ1) is 18.6. The Hall–Kier alpha value is -3.17. The molecule has 27 heavy (non-hydrogen) atoms. The molecule has 0 spiro atoms. The number of sulfonamides is 1. The number of hydrogen-bond acceptors (Lipinski definition) is 5. The molecule has 0 atom stereocenters. The summed E-state index contributed by atoms with van der Waals surface area (Å²) in [7, 11) is -2.58. The molecule has 140 valence electrons. The molecular formula is C18H17N3O5S. The molecule has 1 aromatic heterocycles. The molecule has 0 aliphatic carbocycles. The Morgan fingerprint density at radius 3 is 2.44 bits per heavy atom. The highest BCUT2D eigenvalue weighted by Gasteiger charge is 2.23. The summed E-state index contributed by atoms with van der Waals surface area (Å²) in [5, 5.41) is 1.69. The number of nitrogens with zero attached hydrogens (tertiary/aromatic N) is 1. The maximum atomic E-state index is 12.7. The van der Waals surface area contributed by atoms with Gasteiger partial charge in [0.05, 0.1) is 17.7 Å². The molecule has 0 radical (unpaired) electrons. The lowest BCUT2D eigenvalue weighted by Crippen LogP contribution is -2.46. The van der Waals surface area contributed by atoms with E-state index in [4.69, 9.17) is 4.42 Å². The fourth-order valence-corrected chi connectivity index (χ4v) is 3.59. The SMILES string of the molecule is CN(CC(=O)NNC(=O)c1ccco1)S(=O)(=O)c1ccc2ccccc2c1. The van der Waals surface area contributed by atoms with Crippen LogP contribution in [-0.2, 0) is 14.8 Å². The second kappa shape index (κ2) is 7.60. The van der Waals surface area contributed by atoms with Crippen molar-refractivity contribution >= 4 is 32.6 Å². The zero-order valence-electron chi connectivity index (χ0n) is 14.4. The van der Waals surface area contributed by atoms with E-state index >= 15 is 0 Å². The van der Waals surface area contributed by atoms with E-state index in [-0.39, 0.29) is 10.7 Å². The number of nitrogens with one attached hydrogen (secondary N) is 2. The van der Waals surface area contributed by atoms with Crippen molar-refractivity contribution in [1.82, 2.24) is 15.2 Å². The van der Waals surface area contributed by atoms with Crippen molar-refractivity contribution in [2.24, 2.45) is 0 Å². The van der Waals surface area contributed by atoms with E-state index in [1.807, 2.05) is 24.3 Å². The standard InChI is InChI=1S/C18H17N3O5S/c1-21(12-17(22)19-20-18(23)16-7-4-10-26-16)27(24,25)15-9-8-13-5-2-3-6-14(13)11-15/h2-11H,12H2,1H3,(H,19,22)(H,20,23). The number of amides is 2. The number of hydrazine groups is 1. The summed E-state index contributed by atoms with van der Waals surface area (Å²) < 4.78 is 31.2. The molecule has 1 heterocycles.